The minimum Gasteiger partial charge on any atom is -0.507 e. The molecular formula is C21H20N2O9. The Morgan fingerprint density at radius 2 is 1.44 bits per heavy atom. The van der Waals surface area contributed by atoms with Gasteiger partial charge in [0.2, 0.25) is 0 Å². The van der Waals surface area contributed by atoms with Gasteiger partial charge in [-0.25, -0.2) is 9.59 Å². The molecule has 2 aromatic carbocycles. The summed E-state index contributed by atoms with van der Waals surface area (Å²) in [5, 5.41) is 11.9. The van der Waals surface area contributed by atoms with E-state index in [9.17, 15) is 19.5 Å². The standard InChI is InChI=1S/C21H20N2O9/c1-22(28-3)20(26)30-13-7-5-12(6-8-13)17-11-16(25)19-15(24)9-14(10-18(19)32-17)31-21(27)23(2)29-4/h5-11,24H,1-4H3. The predicted octanol–water partition coefficient (Wildman–Crippen LogP) is 3.15. The highest BCUT2D eigenvalue weighted by Gasteiger charge is 2.17. The lowest BCUT2D eigenvalue weighted by atomic mass is 10.1. The minimum atomic E-state index is -0.839. The third kappa shape index (κ3) is 4.79. The summed E-state index contributed by atoms with van der Waals surface area (Å²) in [7, 11) is 5.35. The zero-order valence-corrected chi connectivity index (χ0v) is 17.6. The minimum absolute atomic E-state index is 0.00703. The molecule has 0 bridgehead atoms. The highest BCUT2D eigenvalue weighted by molar-refractivity contribution is 5.86. The van der Waals surface area contributed by atoms with Crippen LogP contribution in [0.25, 0.3) is 22.3 Å². The van der Waals surface area contributed by atoms with Crippen molar-refractivity contribution < 1.29 is 38.3 Å². The summed E-state index contributed by atoms with van der Waals surface area (Å²) in [5.74, 6) is -0.0184. The van der Waals surface area contributed by atoms with Gasteiger partial charge in [-0.3, -0.25) is 14.5 Å². The molecule has 0 saturated carbocycles. The average Bonchev–Trinajstić information content (AvgIpc) is 2.77. The second kappa shape index (κ2) is 9.37. The predicted molar refractivity (Wildman–Crippen MR) is 111 cm³/mol. The Balaban J connectivity index is 1.93. The lowest BCUT2D eigenvalue weighted by molar-refractivity contribution is -0.0790. The molecule has 1 heterocycles. The summed E-state index contributed by atoms with van der Waals surface area (Å²) in [4.78, 5) is 45.6. The first kappa shape index (κ1) is 22.6. The van der Waals surface area contributed by atoms with Gasteiger partial charge in [0.05, 0.1) is 14.2 Å². The Morgan fingerprint density at radius 1 is 0.875 bits per heavy atom. The van der Waals surface area contributed by atoms with Crippen molar-refractivity contribution in [3.8, 4) is 28.6 Å². The van der Waals surface area contributed by atoms with Crippen LogP contribution in [0.1, 0.15) is 0 Å². The molecule has 1 aromatic heterocycles. The molecule has 0 radical (unpaired) electrons. The van der Waals surface area contributed by atoms with Gasteiger partial charge in [0.15, 0.2) is 5.43 Å². The van der Waals surface area contributed by atoms with E-state index in [1.807, 2.05) is 0 Å². The van der Waals surface area contributed by atoms with E-state index in [-0.39, 0.29) is 28.2 Å². The summed E-state index contributed by atoms with van der Waals surface area (Å²) < 4.78 is 16.0. The number of hydrogen-bond donors (Lipinski definition) is 1. The SMILES string of the molecule is CON(C)C(=O)Oc1ccc(-c2cc(=O)c3c(O)cc(OC(=O)N(C)OC)cc3o2)cc1. The van der Waals surface area contributed by atoms with E-state index in [0.29, 0.717) is 5.56 Å². The number of hydrogen-bond acceptors (Lipinski definition) is 9. The third-order valence-electron chi connectivity index (χ3n) is 4.39. The lowest BCUT2D eigenvalue weighted by Gasteiger charge is -2.14. The number of phenols is 1. The third-order valence-corrected chi connectivity index (χ3v) is 4.39. The largest absolute Gasteiger partial charge is 0.507 e. The molecule has 0 aliphatic rings. The van der Waals surface area contributed by atoms with E-state index in [1.54, 1.807) is 12.1 Å². The molecule has 0 atom stereocenters. The smallest absolute Gasteiger partial charge is 0.439 e. The molecule has 0 aliphatic heterocycles. The first-order valence-corrected chi connectivity index (χ1v) is 9.14. The summed E-state index contributed by atoms with van der Waals surface area (Å²) in [6, 6.07) is 9.83. The maximum Gasteiger partial charge on any atom is 0.439 e. The first-order valence-electron chi connectivity index (χ1n) is 9.14. The quantitative estimate of drug-likeness (QED) is 0.590. The van der Waals surface area contributed by atoms with E-state index in [2.05, 4.69) is 0 Å². The molecule has 0 saturated heterocycles. The highest BCUT2D eigenvalue weighted by Crippen LogP contribution is 2.31. The Bertz CT molecular complexity index is 1200. The van der Waals surface area contributed by atoms with Gasteiger partial charge in [-0.05, 0) is 24.3 Å². The second-order valence-electron chi connectivity index (χ2n) is 6.41. The summed E-state index contributed by atoms with van der Waals surface area (Å²) in [6.07, 6.45) is -1.55. The number of benzene rings is 2. The van der Waals surface area contributed by atoms with Gasteiger partial charge in [-0.1, -0.05) is 0 Å². The molecular weight excluding hydrogens is 424 g/mol. The van der Waals surface area contributed by atoms with E-state index in [1.165, 1.54) is 52.6 Å². The second-order valence-corrected chi connectivity index (χ2v) is 6.41. The van der Waals surface area contributed by atoms with Crippen LogP contribution in [0, 0.1) is 0 Å². The van der Waals surface area contributed by atoms with Crippen molar-refractivity contribution in [3.05, 3.63) is 52.7 Å². The van der Waals surface area contributed by atoms with Crippen LogP contribution in [-0.4, -0.2) is 55.7 Å². The summed E-state index contributed by atoms with van der Waals surface area (Å²) >= 11 is 0. The molecule has 32 heavy (non-hydrogen) atoms. The van der Waals surface area contributed by atoms with Crippen molar-refractivity contribution in [2.75, 3.05) is 28.3 Å². The van der Waals surface area contributed by atoms with Crippen LogP contribution in [0.15, 0.2) is 51.7 Å². The van der Waals surface area contributed by atoms with E-state index >= 15 is 0 Å². The first-order chi connectivity index (χ1) is 15.2. The molecule has 0 aliphatic carbocycles. The van der Waals surface area contributed by atoms with Crippen LogP contribution >= 0.6 is 0 Å². The number of nitrogens with zero attached hydrogens (tertiary/aromatic N) is 2. The average molecular weight is 444 g/mol. The van der Waals surface area contributed by atoms with Crippen molar-refractivity contribution in [2.24, 2.45) is 0 Å². The normalized spacial score (nSPS) is 10.6. The van der Waals surface area contributed by atoms with E-state index in [4.69, 9.17) is 23.6 Å². The number of hydroxylamine groups is 4. The van der Waals surface area contributed by atoms with Gasteiger partial charge in [-0.2, -0.15) is 10.1 Å². The van der Waals surface area contributed by atoms with Gasteiger partial charge in [-0.15, -0.1) is 0 Å². The fourth-order valence-corrected chi connectivity index (χ4v) is 2.61. The van der Waals surface area contributed by atoms with Crippen molar-refractivity contribution in [2.45, 2.75) is 0 Å². The number of carbonyl (C=O) groups excluding carboxylic acids is 2. The topological polar surface area (TPSA) is 128 Å². The van der Waals surface area contributed by atoms with Gasteiger partial charge in [0.1, 0.15) is 34.0 Å². The molecule has 11 heteroatoms. The zero-order valence-electron chi connectivity index (χ0n) is 17.6. The number of amides is 2. The Labute approximate surface area is 181 Å². The summed E-state index contributed by atoms with van der Waals surface area (Å²) in [6.45, 7) is 0. The summed E-state index contributed by atoms with van der Waals surface area (Å²) in [5.41, 5.74) is 0.0142. The zero-order chi connectivity index (χ0) is 23.4. The maximum atomic E-state index is 12.6. The number of phenolic OH excluding ortho intramolecular Hbond substituents is 1. The molecule has 168 valence electrons. The van der Waals surface area contributed by atoms with Gasteiger partial charge < -0.3 is 19.0 Å². The highest BCUT2D eigenvalue weighted by atomic mass is 16.7. The van der Waals surface area contributed by atoms with E-state index in [0.717, 1.165) is 16.2 Å². The van der Waals surface area contributed by atoms with Crippen LogP contribution in [0.3, 0.4) is 0 Å². The van der Waals surface area contributed by atoms with Crippen molar-refractivity contribution in [1.82, 2.24) is 10.1 Å². The van der Waals surface area contributed by atoms with Crippen molar-refractivity contribution in [1.29, 1.82) is 0 Å². The Morgan fingerprint density at radius 3 is 2.00 bits per heavy atom. The molecule has 0 spiro atoms. The fraction of sp³-hybridized carbons (Fsp3) is 0.190. The molecule has 3 rings (SSSR count). The Kier molecular flexibility index (Phi) is 6.61. The van der Waals surface area contributed by atoms with Crippen molar-refractivity contribution >= 4 is 23.2 Å². The molecule has 0 fully saturated rings. The number of carbonyl (C=O) groups is 2. The van der Waals surface area contributed by atoms with Crippen molar-refractivity contribution in [3.63, 3.8) is 0 Å². The molecule has 1 N–H and O–H groups in total. The van der Waals surface area contributed by atoms with Crippen LogP contribution in [0.5, 0.6) is 17.2 Å². The number of ether oxygens (including phenoxy) is 2. The molecule has 2 amide bonds. The fourth-order valence-electron chi connectivity index (χ4n) is 2.61. The Hall–Kier alpha value is -4.09. The van der Waals surface area contributed by atoms with E-state index < -0.39 is 23.4 Å². The number of rotatable bonds is 5. The lowest BCUT2D eigenvalue weighted by Crippen LogP contribution is -2.28. The van der Waals surface area contributed by atoms with Crippen LogP contribution in [0.2, 0.25) is 0 Å². The molecule has 0 unspecified atom stereocenters. The van der Waals surface area contributed by atoms with Crippen LogP contribution < -0.4 is 14.9 Å². The van der Waals surface area contributed by atoms with Gasteiger partial charge in [0, 0.05) is 37.9 Å². The van der Waals surface area contributed by atoms with Gasteiger partial charge in [0.25, 0.3) is 0 Å². The molecule has 3 aromatic rings. The molecule has 11 nitrogen and oxygen atoms in total. The van der Waals surface area contributed by atoms with Crippen LogP contribution in [0.4, 0.5) is 9.59 Å². The monoisotopic (exact) mass is 444 g/mol. The number of fused-ring (bicyclic) bond motifs is 1. The maximum absolute atomic E-state index is 12.6. The van der Waals surface area contributed by atoms with Gasteiger partial charge >= 0.3 is 12.2 Å². The van der Waals surface area contributed by atoms with Crippen LogP contribution in [-0.2, 0) is 9.68 Å². The number of aromatic hydroxyl groups is 1.